The Balaban J connectivity index is 0.000000696. The maximum Gasteiger partial charge on any atom is 0.394 e. The van der Waals surface area contributed by atoms with Crippen LogP contribution in [0.3, 0.4) is 0 Å². The number of aryl methyl sites for hydroxylation is 1. The monoisotopic (exact) mass is 476 g/mol. The lowest BCUT2D eigenvalue weighted by Crippen LogP contribution is -2.28. The number of urea groups is 1. The molecule has 7 N–H and O–H groups in total. The Morgan fingerprint density at radius 3 is 2.33 bits per heavy atom. The highest BCUT2D eigenvalue weighted by molar-refractivity contribution is 7.79. The van der Waals surface area contributed by atoms with E-state index in [2.05, 4.69) is 15.4 Å². The molecule has 1 aliphatic heterocycles. The van der Waals surface area contributed by atoms with Crippen LogP contribution in [0.15, 0.2) is 52.6 Å². The largest absolute Gasteiger partial charge is 0.394 e. The molecule has 3 rings (SSSR count). The molecule has 1 heterocycles. The van der Waals surface area contributed by atoms with Gasteiger partial charge in [-0.25, -0.2) is 9.79 Å². The van der Waals surface area contributed by atoms with Gasteiger partial charge in [-0.05, 0) is 30.7 Å². The van der Waals surface area contributed by atoms with Crippen molar-refractivity contribution in [3.05, 3.63) is 53.6 Å². The highest BCUT2D eigenvalue weighted by Crippen LogP contribution is 2.29. The fourth-order valence-electron chi connectivity index (χ4n) is 2.73. The van der Waals surface area contributed by atoms with Crippen LogP contribution in [-0.4, -0.2) is 60.1 Å². The second-order valence-electron chi connectivity index (χ2n) is 7.20. The zero-order valence-corrected chi connectivity index (χ0v) is 19.1. The molecule has 0 bridgehead atoms. The second kappa shape index (κ2) is 10.7. The van der Waals surface area contributed by atoms with Crippen molar-refractivity contribution in [3.63, 3.8) is 0 Å². The Bertz CT molecular complexity index is 1210. The van der Waals surface area contributed by atoms with E-state index in [1.165, 1.54) is 5.56 Å². The third-order valence-electron chi connectivity index (χ3n) is 4.31. The van der Waals surface area contributed by atoms with Crippen molar-refractivity contribution >= 4 is 51.3 Å². The van der Waals surface area contributed by atoms with Gasteiger partial charge in [0.05, 0.1) is 11.4 Å². The normalized spacial score (nSPS) is 14.2. The SMILES string of the molecule is Cc1ccc(C[N+]2=C(N)C(=Nc3ccc(N(C)C)cc3NC(N)=O)C=N2)cc1.O=S(=O)(O)O. The van der Waals surface area contributed by atoms with E-state index < -0.39 is 16.4 Å². The lowest BCUT2D eigenvalue weighted by atomic mass is 10.1. The summed E-state index contributed by atoms with van der Waals surface area (Å²) in [5, 5.41) is 6.95. The van der Waals surface area contributed by atoms with Crippen LogP contribution in [0.1, 0.15) is 11.1 Å². The Morgan fingerprint density at radius 2 is 1.79 bits per heavy atom. The number of hydrogen-bond donors (Lipinski definition) is 5. The Labute approximate surface area is 191 Å². The number of carbonyl (C=O) groups excluding carboxylic acids is 1. The van der Waals surface area contributed by atoms with Crippen molar-refractivity contribution in [2.45, 2.75) is 13.5 Å². The molecule has 2 amide bonds. The first-order valence-corrected chi connectivity index (χ1v) is 10.9. The summed E-state index contributed by atoms with van der Waals surface area (Å²) in [4.78, 5) is 17.9. The summed E-state index contributed by atoms with van der Waals surface area (Å²) in [7, 11) is -0.847. The van der Waals surface area contributed by atoms with Gasteiger partial charge in [-0.3, -0.25) is 14.8 Å². The molecule has 0 saturated heterocycles. The van der Waals surface area contributed by atoms with Gasteiger partial charge in [-0.15, -0.1) is 4.68 Å². The van der Waals surface area contributed by atoms with Gasteiger partial charge in [-0.1, -0.05) is 34.9 Å². The Kier molecular flexibility index (Phi) is 8.23. The number of nitrogens with zero attached hydrogens (tertiary/aromatic N) is 4. The summed E-state index contributed by atoms with van der Waals surface area (Å²) in [6.07, 6.45) is 1.61. The van der Waals surface area contributed by atoms with Gasteiger partial charge < -0.3 is 16.0 Å². The van der Waals surface area contributed by atoms with Gasteiger partial charge in [0.25, 0.3) is 0 Å². The molecule has 2 aromatic carbocycles. The second-order valence-corrected chi connectivity index (χ2v) is 8.10. The summed E-state index contributed by atoms with van der Waals surface area (Å²) in [6, 6.07) is 13.0. The quantitative estimate of drug-likeness (QED) is 0.320. The number of amides is 2. The number of aliphatic imine (C=N–C) groups is 1. The number of nitrogens with two attached hydrogens (primary N) is 2. The van der Waals surface area contributed by atoms with Crippen LogP contribution in [0.4, 0.5) is 21.9 Å². The third kappa shape index (κ3) is 8.33. The molecular formula is C20H26N7O5S+. The molecule has 13 heteroatoms. The number of carbonyl (C=O) groups is 1. The molecule has 0 unspecified atom stereocenters. The topological polar surface area (TPSA) is 187 Å². The first-order chi connectivity index (χ1) is 15.3. The van der Waals surface area contributed by atoms with Crippen LogP contribution in [0.25, 0.3) is 0 Å². The standard InChI is InChI=1S/C20H23N7O.H2O4S/c1-13-4-6-14(7-5-13)12-27-19(21)18(11-23-27)24-16-9-8-15(26(2)3)10-17(16)25-20(22)28;1-5(2,3)4/h4-11H,12H2,1-3H3,(H4,21,22,23,25,28);(H2,1,2,3,4)/p+1. The zero-order valence-electron chi connectivity index (χ0n) is 18.3. The van der Waals surface area contributed by atoms with Crippen LogP contribution in [0, 0.1) is 6.92 Å². The van der Waals surface area contributed by atoms with Crippen molar-refractivity contribution in [2.24, 2.45) is 21.6 Å². The van der Waals surface area contributed by atoms with E-state index in [-0.39, 0.29) is 0 Å². The molecule has 0 atom stereocenters. The average molecular weight is 477 g/mol. The molecular weight excluding hydrogens is 450 g/mol. The van der Waals surface area contributed by atoms with Gasteiger partial charge in [-0.2, -0.15) is 8.42 Å². The predicted octanol–water partition coefficient (Wildman–Crippen LogP) is 1.54. The van der Waals surface area contributed by atoms with Crippen molar-refractivity contribution in [2.75, 3.05) is 24.3 Å². The minimum Gasteiger partial charge on any atom is -0.378 e. The molecule has 0 aromatic heterocycles. The van der Waals surface area contributed by atoms with E-state index in [9.17, 15) is 4.79 Å². The average Bonchev–Trinajstić information content (AvgIpc) is 3.02. The number of benzene rings is 2. The summed E-state index contributed by atoms with van der Waals surface area (Å²) in [6.45, 7) is 2.59. The highest BCUT2D eigenvalue weighted by Gasteiger charge is 2.22. The summed E-state index contributed by atoms with van der Waals surface area (Å²) < 4.78 is 33.3. The van der Waals surface area contributed by atoms with Crippen LogP contribution in [0.2, 0.25) is 0 Å². The summed E-state index contributed by atoms with van der Waals surface area (Å²) in [5.41, 5.74) is 16.3. The molecule has 33 heavy (non-hydrogen) atoms. The highest BCUT2D eigenvalue weighted by atomic mass is 32.3. The first kappa shape index (κ1) is 25.5. The summed E-state index contributed by atoms with van der Waals surface area (Å²) >= 11 is 0. The van der Waals surface area contributed by atoms with Gasteiger partial charge in [0.1, 0.15) is 12.8 Å². The predicted molar refractivity (Wildman–Crippen MR) is 128 cm³/mol. The number of anilines is 2. The third-order valence-corrected chi connectivity index (χ3v) is 4.31. The fourth-order valence-corrected chi connectivity index (χ4v) is 2.73. The summed E-state index contributed by atoms with van der Waals surface area (Å²) in [5.74, 6) is 0.447. The smallest absolute Gasteiger partial charge is 0.378 e. The number of nitrogens with one attached hydrogen (secondary N) is 1. The lowest BCUT2D eigenvalue weighted by molar-refractivity contribution is -0.546. The lowest BCUT2D eigenvalue weighted by Gasteiger charge is -2.15. The van der Waals surface area contributed by atoms with Crippen molar-refractivity contribution in [3.8, 4) is 0 Å². The van der Waals surface area contributed by atoms with Gasteiger partial charge in [0.2, 0.25) is 0 Å². The number of hydrazone groups is 1. The molecule has 2 aromatic rings. The number of primary amides is 1. The van der Waals surface area contributed by atoms with Crippen molar-refractivity contribution < 1.29 is 27.0 Å². The number of amidine groups is 1. The van der Waals surface area contributed by atoms with Crippen LogP contribution in [0.5, 0.6) is 0 Å². The van der Waals surface area contributed by atoms with Crippen molar-refractivity contribution in [1.82, 2.24) is 0 Å². The van der Waals surface area contributed by atoms with Crippen LogP contribution in [-0.2, 0) is 16.9 Å². The van der Waals surface area contributed by atoms with Gasteiger partial charge in [0, 0.05) is 19.8 Å². The molecule has 0 fully saturated rings. The van der Waals surface area contributed by atoms with E-state index in [0.29, 0.717) is 29.5 Å². The number of hydrogen-bond acceptors (Lipinski definition) is 7. The molecule has 1 aliphatic rings. The van der Waals surface area contributed by atoms with E-state index in [4.69, 9.17) is 29.0 Å². The maximum absolute atomic E-state index is 11.4. The van der Waals surface area contributed by atoms with E-state index in [1.807, 2.05) is 56.3 Å². The zero-order chi connectivity index (χ0) is 24.8. The van der Waals surface area contributed by atoms with Gasteiger partial charge >= 0.3 is 22.3 Å². The molecule has 12 nitrogen and oxygen atoms in total. The van der Waals surface area contributed by atoms with Gasteiger partial charge in [0.15, 0.2) is 5.71 Å². The molecule has 176 valence electrons. The van der Waals surface area contributed by atoms with E-state index >= 15 is 0 Å². The fraction of sp³-hybridized carbons (Fsp3) is 0.200. The molecule has 0 spiro atoms. The van der Waals surface area contributed by atoms with E-state index in [0.717, 1.165) is 11.3 Å². The molecule has 0 radical (unpaired) electrons. The first-order valence-electron chi connectivity index (χ1n) is 9.49. The van der Waals surface area contributed by atoms with Crippen LogP contribution >= 0.6 is 0 Å². The number of rotatable bonds is 5. The molecule has 0 saturated carbocycles. The minimum atomic E-state index is -4.67. The molecule has 0 aliphatic carbocycles. The Morgan fingerprint density at radius 1 is 1.18 bits per heavy atom. The maximum atomic E-state index is 11.4. The minimum absolute atomic E-state index is 0.447. The Hall–Kier alpha value is -3.81. The van der Waals surface area contributed by atoms with Crippen LogP contribution < -0.4 is 21.7 Å². The van der Waals surface area contributed by atoms with E-state index in [1.54, 1.807) is 23.0 Å². The van der Waals surface area contributed by atoms with Crippen molar-refractivity contribution in [1.29, 1.82) is 0 Å².